The molecular weight excluding hydrogens is 256 g/mol. The van der Waals surface area contributed by atoms with E-state index in [1.807, 2.05) is 0 Å². The molecule has 0 spiro atoms. The van der Waals surface area contributed by atoms with Crippen molar-refractivity contribution >= 4 is 11.2 Å². The number of ether oxygens (including phenoxy) is 1. The number of fused-ring (bicyclic) bond motifs is 1. The fourth-order valence-electron chi connectivity index (χ4n) is 2.15. The lowest BCUT2D eigenvalue weighted by atomic mass is 10.1. The zero-order valence-corrected chi connectivity index (χ0v) is 9.67. The second-order valence-electron chi connectivity index (χ2n) is 4.30. The number of aromatic nitrogens is 4. The predicted molar refractivity (Wildman–Crippen MR) is 61.2 cm³/mol. The van der Waals surface area contributed by atoms with Crippen LogP contribution in [0.1, 0.15) is 6.23 Å². The smallest absolute Gasteiger partial charge is 0.346 e. The summed E-state index contributed by atoms with van der Waals surface area (Å²) < 4.78 is 6.75. The Morgan fingerprint density at radius 1 is 1.37 bits per heavy atom. The van der Waals surface area contributed by atoms with Gasteiger partial charge in [-0.05, 0) is 0 Å². The minimum atomic E-state index is -1.23. The molecule has 2 aromatic heterocycles. The average molecular weight is 268 g/mol. The van der Waals surface area contributed by atoms with E-state index >= 15 is 0 Å². The maximum atomic E-state index is 11.2. The summed E-state index contributed by atoms with van der Waals surface area (Å²) in [6.07, 6.45) is -1.59. The summed E-state index contributed by atoms with van der Waals surface area (Å²) in [4.78, 5) is 21.2. The first-order valence-electron chi connectivity index (χ1n) is 5.66. The standard InChI is InChI=1S/C10H12N4O5/c15-2-5-6(16)7(17)9(19-5)14-3-12-4-1-11-10(18)13-8(4)14/h1,3,5-7,9,15-17H,2H2,(H,11,13,18)/t5-,6+,7-,9-/m1/s1. The number of nitrogens with zero attached hydrogens (tertiary/aromatic N) is 3. The second kappa shape index (κ2) is 4.38. The van der Waals surface area contributed by atoms with Crippen molar-refractivity contribution < 1.29 is 20.1 Å². The highest BCUT2D eigenvalue weighted by Crippen LogP contribution is 2.30. The Morgan fingerprint density at radius 3 is 2.84 bits per heavy atom. The Balaban J connectivity index is 2.05. The van der Waals surface area contributed by atoms with Crippen LogP contribution in [-0.2, 0) is 4.74 Å². The first kappa shape index (κ1) is 12.2. The molecule has 0 saturated carbocycles. The summed E-state index contributed by atoms with van der Waals surface area (Å²) >= 11 is 0. The maximum Gasteiger partial charge on any atom is 0.346 e. The summed E-state index contributed by atoms with van der Waals surface area (Å²) in [5.74, 6) is 0. The molecule has 3 heterocycles. The van der Waals surface area contributed by atoms with Crippen LogP contribution < -0.4 is 5.69 Å². The Labute approximate surface area is 106 Å². The molecule has 1 fully saturated rings. The summed E-state index contributed by atoms with van der Waals surface area (Å²) in [6, 6.07) is 0. The molecule has 2 aromatic rings. The molecular formula is C10H12N4O5. The van der Waals surface area contributed by atoms with E-state index in [1.165, 1.54) is 17.1 Å². The van der Waals surface area contributed by atoms with Crippen LogP contribution in [0.15, 0.2) is 17.3 Å². The molecule has 9 nitrogen and oxygen atoms in total. The highest BCUT2D eigenvalue weighted by Gasteiger charge is 2.43. The number of rotatable bonds is 2. The molecule has 0 aromatic carbocycles. The van der Waals surface area contributed by atoms with Gasteiger partial charge in [-0.15, -0.1) is 0 Å². The van der Waals surface area contributed by atoms with Gasteiger partial charge in [-0.3, -0.25) is 9.55 Å². The number of imidazole rings is 1. The first-order valence-corrected chi connectivity index (χ1v) is 5.66. The fraction of sp³-hybridized carbons (Fsp3) is 0.500. The van der Waals surface area contributed by atoms with E-state index in [0.29, 0.717) is 11.2 Å². The third-order valence-electron chi connectivity index (χ3n) is 3.14. The van der Waals surface area contributed by atoms with Crippen LogP contribution in [0.3, 0.4) is 0 Å². The van der Waals surface area contributed by atoms with Crippen molar-refractivity contribution in [3.05, 3.63) is 23.0 Å². The third kappa shape index (κ3) is 1.83. The van der Waals surface area contributed by atoms with Crippen LogP contribution in [0, 0.1) is 0 Å². The van der Waals surface area contributed by atoms with Crippen molar-refractivity contribution in [3.8, 4) is 0 Å². The Kier molecular flexibility index (Phi) is 2.82. The number of nitrogens with one attached hydrogen (secondary N) is 1. The van der Waals surface area contributed by atoms with Gasteiger partial charge in [-0.1, -0.05) is 0 Å². The van der Waals surface area contributed by atoms with Crippen LogP contribution in [0.4, 0.5) is 0 Å². The Bertz CT molecular complexity index is 653. The van der Waals surface area contributed by atoms with Crippen molar-refractivity contribution in [1.29, 1.82) is 0 Å². The van der Waals surface area contributed by atoms with Gasteiger partial charge in [0.05, 0.1) is 19.1 Å². The lowest BCUT2D eigenvalue weighted by Gasteiger charge is -2.16. The van der Waals surface area contributed by atoms with E-state index in [2.05, 4.69) is 15.0 Å². The third-order valence-corrected chi connectivity index (χ3v) is 3.14. The Hall–Kier alpha value is -1.81. The van der Waals surface area contributed by atoms with Crippen LogP contribution in [0.25, 0.3) is 11.2 Å². The van der Waals surface area contributed by atoms with Crippen LogP contribution in [0.5, 0.6) is 0 Å². The number of aliphatic hydroxyl groups is 3. The molecule has 0 bridgehead atoms. The molecule has 0 amide bonds. The second-order valence-corrected chi connectivity index (χ2v) is 4.30. The van der Waals surface area contributed by atoms with Crippen LogP contribution >= 0.6 is 0 Å². The van der Waals surface area contributed by atoms with Gasteiger partial charge >= 0.3 is 5.69 Å². The monoisotopic (exact) mass is 268 g/mol. The number of hydrogen-bond acceptors (Lipinski definition) is 7. The van der Waals surface area contributed by atoms with Crippen molar-refractivity contribution in [1.82, 2.24) is 19.5 Å². The van der Waals surface area contributed by atoms with Gasteiger partial charge in [0.2, 0.25) is 0 Å². The Morgan fingerprint density at radius 2 is 2.16 bits per heavy atom. The molecule has 1 aliphatic rings. The minimum Gasteiger partial charge on any atom is -0.394 e. The molecule has 1 aliphatic heterocycles. The zero-order valence-electron chi connectivity index (χ0n) is 9.67. The largest absolute Gasteiger partial charge is 0.394 e. The molecule has 1 saturated heterocycles. The summed E-state index contributed by atoms with van der Waals surface area (Å²) in [5, 5.41) is 28.7. The van der Waals surface area contributed by atoms with Crippen LogP contribution in [-0.4, -0.2) is 59.8 Å². The highest BCUT2D eigenvalue weighted by atomic mass is 16.6. The molecule has 0 aliphatic carbocycles. The molecule has 102 valence electrons. The predicted octanol–water partition coefficient (Wildman–Crippen LogP) is -2.27. The molecule has 0 radical (unpaired) electrons. The number of aliphatic hydroxyl groups excluding tert-OH is 3. The molecule has 0 unspecified atom stereocenters. The van der Waals surface area contributed by atoms with E-state index in [4.69, 9.17) is 9.84 Å². The molecule has 4 N–H and O–H groups in total. The molecule has 19 heavy (non-hydrogen) atoms. The summed E-state index contributed by atoms with van der Waals surface area (Å²) in [7, 11) is 0. The van der Waals surface area contributed by atoms with Gasteiger partial charge in [0.1, 0.15) is 29.5 Å². The van der Waals surface area contributed by atoms with Crippen molar-refractivity contribution in [2.45, 2.75) is 24.5 Å². The van der Waals surface area contributed by atoms with Crippen molar-refractivity contribution in [2.24, 2.45) is 0 Å². The van der Waals surface area contributed by atoms with E-state index < -0.39 is 36.8 Å². The lowest BCUT2D eigenvalue weighted by Crippen LogP contribution is -2.33. The number of hydrogen-bond donors (Lipinski definition) is 4. The van der Waals surface area contributed by atoms with E-state index in [9.17, 15) is 15.0 Å². The normalized spacial score (nSPS) is 31.1. The van der Waals surface area contributed by atoms with Crippen molar-refractivity contribution in [3.63, 3.8) is 0 Å². The van der Waals surface area contributed by atoms with Crippen LogP contribution in [0.2, 0.25) is 0 Å². The first-order chi connectivity index (χ1) is 9.11. The van der Waals surface area contributed by atoms with E-state index in [0.717, 1.165) is 0 Å². The van der Waals surface area contributed by atoms with Gasteiger partial charge in [-0.25, -0.2) is 9.78 Å². The van der Waals surface area contributed by atoms with Gasteiger partial charge in [-0.2, -0.15) is 4.98 Å². The van der Waals surface area contributed by atoms with Gasteiger partial charge in [0, 0.05) is 0 Å². The summed E-state index contributed by atoms with van der Waals surface area (Å²) in [6.45, 7) is -0.417. The SMILES string of the molecule is O=c1ncc2ncn([C@@H]3O[C@H](CO)[C@H](O)[C@H]3O)c2[nH]1. The minimum absolute atomic E-state index is 0.329. The molecule has 4 atom stereocenters. The molecule has 3 rings (SSSR count). The zero-order chi connectivity index (χ0) is 13.6. The van der Waals surface area contributed by atoms with Gasteiger partial charge in [0.25, 0.3) is 0 Å². The fourth-order valence-corrected chi connectivity index (χ4v) is 2.15. The quantitative estimate of drug-likeness (QED) is 0.482. The van der Waals surface area contributed by atoms with E-state index in [-0.39, 0.29) is 0 Å². The average Bonchev–Trinajstić information content (AvgIpc) is 2.92. The topological polar surface area (TPSA) is 133 Å². The van der Waals surface area contributed by atoms with E-state index in [1.54, 1.807) is 0 Å². The number of H-pyrrole nitrogens is 1. The maximum absolute atomic E-state index is 11.2. The number of aromatic amines is 1. The molecule has 9 heteroatoms. The highest BCUT2D eigenvalue weighted by molar-refractivity contribution is 5.68. The van der Waals surface area contributed by atoms with Gasteiger partial charge in [0.15, 0.2) is 6.23 Å². The lowest BCUT2D eigenvalue weighted by molar-refractivity contribution is -0.0511. The summed E-state index contributed by atoms with van der Waals surface area (Å²) in [5.41, 5.74) is 0.202. The van der Waals surface area contributed by atoms with Gasteiger partial charge < -0.3 is 20.1 Å². The van der Waals surface area contributed by atoms with Crippen molar-refractivity contribution in [2.75, 3.05) is 6.61 Å².